The average molecular weight is 426 g/mol. The zero-order valence-electron chi connectivity index (χ0n) is 5.16. The molecule has 0 fully saturated rings. The van der Waals surface area contributed by atoms with E-state index in [0.717, 1.165) is 0 Å². The van der Waals surface area contributed by atoms with Crippen LogP contribution in [0.15, 0.2) is 0 Å². The molecule has 0 N–H and O–H groups in total. The first kappa shape index (κ1) is 11.7. The van der Waals surface area contributed by atoms with E-state index >= 15 is 0 Å². The van der Waals surface area contributed by atoms with Gasteiger partial charge in [-0.15, -0.1) is 0 Å². The molecule has 0 nitrogen and oxygen atoms in total. The van der Waals surface area contributed by atoms with Crippen LogP contribution in [-0.4, -0.2) is 18.1 Å². The summed E-state index contributed by atoms with van der Waals surface area (Å²) in [5.74, 6) is 0.692. The van der Waals surface area contributed by atoms with E-state index in [4.69, 9.17) is 0 Å². The first-order chi connectivity index (χ1) is 3.78. The van der Waals surface area contributed by atoms with E-state index in [2.05, 4.69) is 0 Å². The maximum atomic E-state index is 12.7. The summed E-state index contributed by atoms with van der Waals surface area (Å²) in [4.78, 5) is 0. The Morgan fingerprint density at radius 1 is 0.800 bits per heavy atom. The zero-order valence-corrected chi connectivity index (χ0v) is 12.1. The molecular weight excluding hydrogens is 418 g/mol. The Morgan fingerprint density at radius 3 is 0.900 bits per heavy atom. The van der Waals surface area contributed by atoms with Crippen LogP contribution in [0.4, 0.5) is 14.2 Å². The molecule has 0 aromatic carbocycles. The second-order valence-corrected chi connectivity index (χ2v) is 60.4. The number of hydrogen-bond acceptors (Lipinski definition) is 0. The van der Waals surface area contributed by atoms with Crippen LogP contribution in [-0.2, 0) is 0 Å². The second kappa shape index (κ2) is 2.15. The molecule has 0 aliphatic rings. The van der Waals surface area contributed by atoms with Crippen LogP contribution in [0, 0.1) is 0 Å². The van der Waals surface area contributed by atoms with E-state index in [1.165, 1.54) is 0 Å². The first-order valence-electron chi connectivity index (χ1n) is 2.11. The third-order valence-electron chi connectivity index (χ3n) is 0.911. The predicted octanol–water partition coefficient (Wildman–Crippen LogP) is 3.24. The molecular formula is C2H8Br2F4Se2. The SMILES string of the molecule is C[SeH](F)(F)(Br)[SeH](C)(F)(F)Br. The minimum absolute atomic E-state index is 0.346. The maximum absolute atomic E-state index is 12.7. The molecule has 0 atom stereocenters. The van der Waals surface area contributed by atoms with Crippen molar-refractivity contribution in [3.63, 3.8) is 0 Å². The van der Waals surface area contributed by atoms with Crippen molar-refractivity contribution in [1.29, 1.82) is 0 Å². The van der Waals surface area contributed by atoms with Gasteiger partial charge in [0, 0.05) is 0 Å². The van der Waals surface area contributed by atoms with Gasteiger partial charge in [-0.1, -0.05) is 0 Å². The zero-order chi connectivity index (χ0) is 8.89. The Morgan fingerprint density at radius 2 is 0.900 bits per heavy atom. The Balaban J connectivity index is 5.05. The van der Waals surface area contributed by atoms with E-state index in [1.54, 1.807) is 0 Å². The normalized spacial score (nSPS) is 22.4. The Hall–Kier alpha value is 1.72. The van der Waals surface area contributed by atoms with E-state index in [0.29, 0.717) is 11.6 Å². The molecule has 0 bridgehead atoms. The summed E-state index contributed by atoms with van der Waals surface area (Å²) < 4.78 is 50.7. The van der Waals surface area contributed by atoms with Crippen LogP contribution in [0.1, 0.15) is 0 Å². The molecule has 10 heavy (non-hydrogen) atoms. The second-order valence-electron chi connectivity index (χ2n) is 2.25. The van der Waals surface area contributed by atoms with Crippen molar-refractivity contribution >= 4 is 46.3 Å². The van der Waals surface area contributed by atoms with Gasteiger partial charge in [0.1, 0.15) is 0 Å². The van der Waals surface area contributed by atoms with Crippen LogP contribution in [0.2, 0.25) is 11.6 Å². The van der Waals surface area contributed by atoms with Crippen LogP contribution in [0.3, 0.4) is 0 Å². The summed E-state index contributed by atoms with van der Waals surface area (Å²) in [5, 5.41) is 0. The van der Waals surface area contributed by atoms with Crippen LogP contribution in [0.25, 0.3) is 0 Å². The standard InChI is InChI=1S/C2H8Br2F4Se2/c1-9(3,5,6)10(2,4,7)8/h9-10H,1-2H3. The van der Waals surface area contributed by atoms with Crippen molar-refractivity contribution in [2.75, 3.05) is 0 Å². The van der Waals surface area contributed by atoms with Crippen LogP contribution in [0.5, 0.6) is 0 Å². The number of rotatable bonds is 1. The van der Waals surface area contributed by atoms with Gasteiger partial charge >= 0.3 is 72.2 Å². The van der Waals surface area contributed by atoms with Crippen molar-refractivity contribution in [1.82, 2.24) is 0 Å². The van der Waals surface area contributed by atoms with Crippen molar-refractivity contribution < 1.29 is 14.2 Å². The van der Waals surface area contributed by atoms with E-state index in [-0.39, 0.29) is 0 Å². The fraction of sp³-hybridized carbons (Fsp3) is 1.00. The van der Waals surface area contributed by atoms with Gasteiger partial charge in [-0.05, 0) is 0 Å². The van der Waals surface area contributed by atoms with Gasteiger partial charge < -0.3 is 0 Å². The van der Waals surface area contributed by atoms with Crippen molar-refractivity contribution in [2.45, 2.75) is 11.6 Å². The molecule has 0 aromatic rings. The van der Waals surface area contributed by atoms with Gasteiger partial charge in [-0.3, -0.25) is 0 Å². The predicted molar refractivity (Wildman–Crippen MR) is 48.3 cm³/mol. The third-order valence-corrected chi connectivity index (χ3v) is 74.7. The summed E-state index contributed by atoms with van der Waals surface area (Å²) in [5.41, 5.74) is 0. The third kappa shape index (κ3) is 2.35. The molecule has 0 rings (SSSR count). The Kier molecular flexibility index (Phi) is 2.52. The van der Waals surface area contributed by atoms with Crippen molar-refractivity contribution in [3.8, 4) is 0 Å². The molecule has 0 saturated carbocycles. The summed E-state index contributed by atoms with van der Waals surface area (Å²) in [6.07, 6.45) is 0. The minimum atomic E-state index is -6.39. The fourth-order valence-corrected chi connectivity index (χ4v) is 0. The molecule has 0 aliphatic heterocycles. The van der Waals surface area contributed by atoms with Crippen molar-refractivity contribution in [2.24, 2.45) is 0 Å². The number of halogens is 6. The Labute approximate surface area is 71.7 Å². The summed E-state index contributed by atoms with van der Waals surface area (Å²) >= 11 is 3.78. The molecule has 0 aromatic heterocycles. The van der Waals surface area contributed by atoms with Gasteiger partial charge in [0.2, 0.25) is 0 Å². The van der Waals surface area contributed by atoms with Crippen LogP contribution < -0.4 is 0 Å². The molecule has 0 spiro atoms. The van der Waals surface area contributed by atoms with E-state index in [1.807, 2.05) is 28.2 Å². The molecule has 8 heteroatoms. The molecule has 0 radical (unpaired) electrons. The van der Waals surface area contributed by atoms with E-state index in [9.17, 15) is 14.2 Å². The van der Waals surface area contributed by atoms with Gasteiger partial charge in [0.05, 0.1) is 0 Å². The molecule has 0 saturated heterocycles. The molecule has 0 heterocycles. The number of hydrogen-bond donors (Lipinski definition) is 0. The molecule has 0 aliphatic carbocycles. The quantitative estimate of drug-likeness (QED) is 0.447. The Bertz CT molecular complexity index is 125. The molecule has 0 amide bonds. The first-order valence-corrected chi connectivity index (χ1v) is 22.7. The summed E-state index contributed by atoms with van der Waals surface area (Å²) in [6.45, 7) is 0. The fourth-order valence-electron chi connectivity index (χ4n) is 0. The van der Waals surface area contributed by atoms with Gasteiger partial charge in [-0.2, -0.15) is 0 Å². The topological polar surface area (TPSA) is 0 Å². The van der Waals surface area contributed by atoms with Gasteiger partial charge in [0.15, 0.2) is 0 Å². The van der Waals surface area contributed by atoms with Crippen molar-refractivity contribution in [3.05, 3.63) is 0 Å². The molecule has 0 unspecified atom stereocenters. The summed E-state index contributed by atoms with van der Waals surface area (Å²) in [7, 11) is -12.8. The monoisotopic (exact) mass is 426 g/mol. The van der Waals surface area contributed by atoms with Gasteiger partial charge in [0.25, 0.3) is 0 Å². The van der Waals surface area contributed by atoms with Gasteiger partial charge in [-0.25, -0.2) is 0 Å². The van der Waals surface area contributed by atoms with E-state index < -0.39 is 18.1 Å². The van der Waals surface area contributed by atoms with Crippen LogP contribution >= 0.6 is 28.2 Å². The summed E-state index contributed by atoms with van der Waals surface area (Å²) in [6, 6.07) is 0. The molecule has 70 valence electrons. The average Bonchev–Trinajstić information content (AvgIpc) is 1.14.